The number of rotatable bonds is 5. The van der Waals surface area contributed by atoms with Gasteiger partial charge < -0.3 is 15.3 Å². The van der Waals surface area contributed by atoms with E-state index in [9.17, 15) is 4.79 Å². The van der Waals surface area contributed by atoms with Crippen molar-refractivity contribution in [3.8, 4) is 11.3 Å². The molecule has 138 valence electrons. The van der Waals surface area contributed by atoms with E-state index < -0.39 is 0 Å². The van der Waals surface area contributed by atoms with Gasteiger partial charge in [0.1, 0.15) is 0 Å². The number of nitrogens with zero attached hydrogens (tertiary/aromatic N) is 4. The van der Waals surface area contributed by atoms with Gasteiger partial charge in [0.25, 0.3) is 0 Å². The van der Waals surface area contributed by atoms with Gasteiger partial charge in [-0.2, -0.15) is 0 Å². The molecule has 3 aromatic heterocycles. The lowest BCUT2D eigenvalue weighted by Crippen LogP contribution is -2.32. The van der Waals surface area contributed by atoms with Crippen LogP contribution in [0.4, 0.5) is 0 Å². The molecule has 0 atom stereocenters. The number of H-pyrrole nitrogens is 1. The fourth-order valence-electron chi connectivity index (χ4n) is 3.27. The van der Waals surface area contributed by atoms with Crippen LogP contribution in [-0.2, 0) is 18.4 Å². The number of aryl methyl sites for hydroxylation is 1. The minimum Gasteiger partial charge on any atom is -0.351 e. The Morgan fingerprint density at radius 3 is 2.96 bits per heavy atom. The maximum atomic E-state index is 11.9. The summed E-state index contributed by atoms with van der Waals surface area (Å²) >= 11 is 0. The fraction of sp³-hybridized carbons (Fsp3) is 0.250. The molecule has 0 unspecified atom stereocenters. The van der Waals surface area contributed by atoms with Crippen LogP contribution in [0.1, 0.15) is 5.56 Å². The molecule has 4 rings (SSSR count). The minimum atomic E-state index is 0.00845. The zero-order valence-electron chi connectivity index (χ0n) is 15.7. The van der Waals surface area contributed by atoms with Gasteiger partial charge in [-0.15, -0.1) is 0 Å². The van der Waals surface area contributed by atoms with Crippen molar-refractivity contribution in [1.82, 2.24) is 30.0 Å². The Balaban J connectivity index is 1.63. The summed E-state index contributed by atoms with van der Waals surface area (Å²) < 4.78 is 1.97. The normalized spacial score (nSPS) is 11.6. The molecule has 1 aromatic carbocycles. The molecule has 2 N–H and O–H groups in total. The van der Waals surface area contributed by atoms with E-state index in [1.165, 1.54) is 0 Å². The first kappa shape index (κ1) is 17.2. The molecule has 0 bridgehead atoms. The second-order valence-corrected chi connectivity index (χ2v) is 6.99. The molecule has 7 nitrogen and oxygen atoms in total. The Morgan fingerprint density at radius 2 is 2.15 bits per heavy atom. The van der Waals surface area contributed by atoms with Crippen LogP contribution < -0.4 is 5.32 Å². The molecule has 0 aliphatic rings. The predicted molar refractivity (Wildman–Crippen MR) is 106 cm³/mol. The summed E-state index contributed by atoms with van der Waals surface area (Å²) in [5.74, 6) is 0.00845. The van der Waals surface area contributed by atoms with Gasteiger partial charge in [0.2, 0.25) is 5.91 Å². The van der Waals surface area contributed by atoms with Crippen molar-refractivity contribution >= 4 is 27.8 Å². The molecular formula is C20H22N6O. The summed E-state index contributed by atoms with van der Waals surface area (Å²) in [5.41, 5.74) is 4.76. The predicted octanol–water partition coefficient (Wildman–Crippen LogP) is 2.29. The zero-order valence-corrected chi connectivity index (χ0v) is 15.7. The third-order valence-electron chi connectivity index (χ3n) is 4.52. The number of nitrogens with one attached hydrogen (secondary N) is 2. The number of aromatic amines is 1. The van der Waals surface area contributed by atoms with Crippen LogP contribution in [-0.4, -0.2) is 51.2 Å². The van der Waals surface area contributed by atoms with Crippen molar-refractivity contribution in [3.63, 3.8) is 0 Å². The molecule has 0 aliphatic heterocycles. The van der Waals surface area contributed by atoms with Crippen LogP contribution in [0.15, 0.2) is 42.7 Å². The van der Waals surface area contributed by atoms with Gasteiger partial charge in [-0.1, -0.05) is 18.2 Å². The van der Waals surface area contributed by atoms with E-state index in [0.29, 0.717) is 13.1 Å². The number of benzene rings is 1. The van der Waals surface area contributed by atoms with Gasteiger partial charge in [0.05, 0.1) is 17.8 Å². The Kier molecular flexibility index (Phi) is 4.37. The second-order valence-electron chi connectivity index (χ2n) is 6.99. The topological polar surface area (TPSA) is 78.8 Å². The van der Waals surface area contributed by atoms with E-state index in [1.807, 2.05) is 61.3 Å². The van der Waals surface area contributed by atoms with E-state index in [4.69, 9.17) is 4.98 Å². The van der Waals surface area contributed by atoms with Crippen molar-refractivity contribution in [2.75, 3.05) is 20.6 Å². The second kappa shape index (κ2) is 6.85. The number of carbonyl (C=O) groups excluding carboxylic acids is 1. The standard InChI is InChI=1S/C20H22N6O/c1-25(2)12-18(27)21-9-13-5-4-6-14(7-13)17-8-16-19-15(11-23-26(19)3)10-22-20(16)24-17/h4-8,10-11,23H,9,12H2,1-3H3,(H,21,27). The van der Waals surface area contributed by atoms with Gasteiger partial charge in [0.15, 0.2) is 5.65 Å². The highest BCUT2D eigenvalue weighted by atomic mass is 16.1. The third kappa shape index (κ3) is 3.41. The first-order chi connectivity index (χ1) is 13.0. The van der Waals surface area contributed by atoms with Crippen LogP contribution in [0.3, 0.4) is 0 Å². The molecule has 3 heterocycles. The zero-order chi connectivity index (χ0) is 19.0. The monoisotopic (exact) mass is 362 g/mol. The lowest BCUT2D eigenvalue weighted by Gasteiger charge is -2.10. The molecule has 1 amide bonds. The molecule has 27 heavy (non-hydrogen) atoms. The van der Waals surface area contributed by atoms with E-state index in [-0.39, 0.29) is 5.91 Å². The summed E-state index contributed by atoms with van der Waals surface area (Å²) in [7, 11) is 5.73. The van der Waals surface area contributed by atoms with Crippen molar-refractivity contribution in [2.24, 2.45) is 7.05 Å². The number of amides is 1. The number of pyridine rings is 1. The van der Waals surface area contributed by atoms with Gasteiger partial charge in [-0.05, 0) is 31.8 Å². The van der Waals surface area contributed by atoms with Crippen molar-refractivity contribution in [1.29, 1.82) is 0 Å². The summed E-state index contributed by atoms with van der Waals surface area (Å²) in [5, 5.41) is 8.20. The summed E-state index contributed by atoms with van der Waals surface area (Å²) in [6, 6.07) is 10.2. The summed E-state index contributed by atoms with van der Waals surface area (Å²) in [6.07, 6.45) is 3.77. The first-order valence-electron chi connectivity index (χ1n) is 8.81. The van der Waals surface area contributed by atoms with Gasteiger partial charge in [-0.25, -0.2) is 9.97 Å². The van der Waals surface area contributed by atoms with Crippen LogP contribution in [0.2, 0.25) is 0 Å². The molecule has 7 heteroatoms. The van der Waals surface area contributed by atoms with Crippen LogP contribution in [0.5, 0.6) is 0 Å². The lowest BCUT2D eigenvalue weighted by atomic mass is 10.1. The van der Waals surface area contributed by atoms with Gasteiger partial charge in [0, 0.05) is 42.3 Å². The Labute approximate surface area is 157 Å². The molecule has 4 aromatic rings. The maximum Gasteiger partial charge on any atom is 0.234 e. The number of fused-ring (bicyclic) bond motifs is 3. The summed E-state index contributed by atoms with van der Waals surface area (Å²) in [4.78, 5) is 22.9. The highest BCUT2D eigenvalue weighted by Crippen LogP contribution is 2.28. The first-order valence-corrected chi connectivity index (χ1v) is 8.81. The average Bonchev–Trinajstić information content (AvgIpc) is 3.23. The molecule has 0 fully saturated rings. The number of hydrogen-bond donors (Lipinski definition) is 2. The van der Waals surface area contributed by atoms with Crippen molar-refractivity contribution < 1.29 is 4.79 Å². The number of hydrogen-bond acceptors (Lipinski definition) is 4. The Hall–Kier alpha value is -3.19. The van der Waals surface area contributed by atoms with Crippen molar-refractivity contribution in [2.45, 2.75) is 6.54 Å². The van der Waals surface area contributed by atoms with Gasteiger partial charge >= 0.3 is 0 Å². The summed E-state index contributed by atoms with van der Waals surface area (Å²) in [6.45, 7) is 0.876. The van der Waals surface area contributed by atoms with E-state index in [2.05, 4.69) is 27.5 Å². The van der Waals surface area contributed by atoms with Crippen molar-refractivity contribution in [3.05, 3.63) is 48.3 Å². The highest BCUT2D eigenvalue weighted by Gasteiger charge is 2.12. The Morgan fingerprint density at radius 1 is 1.30 bits per heavy atom. The van der Waals surface area contributed by atoms with E-state index >= 15 is 0 Å². The SMILES string of the molecule is CN(C)CC(=O)NCc1cccc(-c2cc3c(ncc4c[nH]n(C)c43)n2)c1. The molecule has 0 saturated carbocycles. The highest BCUT2D eigenvalue weighted by molar-refractivity contribution is 6.04. The lowest BCUT2D eigenvalue weighted by molar-refractivity contribution is -0.121. The van der Waals surface area contributed by atoms with Crippen LogP contribution in [0, 0.1) is 0 Å². The number of likely N-dealkylation sites (N-methyl/N-ethyl adjacent to an activating group) is 1. The van der Waals surface area contributed by atoms with Gasteiger partial charge in [-0.3, -0.25) is 9.48 Å². The third-order valence-corrected chi connectivity index (χ3v) is 4.52. The Bertz CT molecular complexity index is 1120. The van der Waals surface area contributed by atoms with Crippen LogP contribution in [0.25, 0.3) is 33.2 Å². The fourth-order valence-corrected chi connectivity index (χ4v) is 3.27. The number of carbonyl (C=O) groups is 1. The quantitative estimate of drug-likeness (QED) is 0.571. The minimum absolute atomic E-state index is 0.00845. The number of aromatic nitrogens is 4. The van der Waals surface area contributed by atoms with E-state index in [1.54, 1.807) is 0 Å². The van der Waals surface area contributed by atoms with E-state index in [0.717, 1.165) is 38.8 Å². The molecule has 0 spiro atoms. The molecular weight excluding hydrogens is 340 g/mol. The average molecular weight is 362 g/mol. The molecule has 0 aliphatic carbocycles. The molecule has 0 saturated heterocycles. The maximum absolute atomic E-state index is 11.9. The molecule has 0 radical (unpaired) electrons. The largest absolute Gasteiger partial charge is 0.351 e. The smallest absolute Gasteiger partial charge is 0.234 e. The van der Waals surface area contributed by atoms with Crippen LogP contribution >= 0.6 is 0 Å².